The van der Waals surface area contributed by atoms with Crippen molar-refractivity contribution < 1.29 is 4.74 Å². The minimum Gasteiger partial charge on any atom is -0.385 e. The second kappa shape index (κ2) is 4.34. The molecule has 2 heteroatoms. The van der Waals surface area contributed by atoms with Crippen molar-refractivity contribution >= 4 is 8.80 Å². The van der Waals surface area contributed by atoms with Crippen molar-refractivity contribution in [2.75, 3.05) is 13.7 Å². The fraction of sp³-hybridized carbons (Fsp3) is 1.00. The zero-order chi connectivity index (χ0) is 5.70. The summed E-state index contributed by atoms with van der Waals surface area (Å²) in [5.41, 5.74) is 0. The predicted molar refractivity (Wildman–Crippen MR) is 34.2 cm³/mol. The first-order valence-corrected chi connectivity index (χ1v) is 5.26. The molecule has 0 rings (SSSR count). The standard InChI is InChI=1S/C5H13OSi/c1-6-4-5-7(2)3/h4-5H2,1-3H3. The number of methoxy groups -OCH3 is 1. The minimum atomic E-state index is -0.0223. The Bertz CT molecular complexity index is 37.1. The van der Waals surface area contributed by atoms with Crippen LogP contribution in [0.4, 0.5) is 0 Å². The Hall–Kier alpha value is 0.177. The van der Waals surface area contributed by atoms with E-state index in [0.29, 0.717) is 0 Å². The molecule has 43 valence electrons. The molecule has 0 spiro atoms. The van der Waals surface area contributed by atoms with Gasteiger partial charge in [0.1, 0.15) is 0 Å². The summed E-state index contributed by atoms with van der Waals surface area (Å²) >= 11 is 0. The SMILES string of the molecule is COCC[Si](C)C. The van der Waals surface area contributed by atoms with Crippen LogP contribution in [0.3, 0.4) is 0 Å². The highest BCUT2D eigenvalue weighted by molar-refractivity contribution is 6.55. The van der Waals surface area contributed by atoms with E-state index in [9.17, 15) is 0 Å². The van der Waals surface area contributed by atoms with Crippen LogP contribution in [0.1, 0.15) is 0 Å². The number of hydrogen-bond donors (Lipinski definition) is 0. The van der Waals surface area contributed by atoms with Gasteiger partial charge in [-0.2, -0.15) is 0 Å². The van der Waals surface area contributed by atoms with Crippen LogP contribution in [-0.4, -0.2) is 22.5 Å². The number of rotatable bonds is 3. The van der Waals surface area contributed by atoms with E-state index in [-0.39, 0.29) is 8.80 Å². The number of hydrogen-bond acceptors (Lipinski definition) is 1. The van der Waals surface area contributed by atoms with Crippen LogP contribution in [0, 0.1) is 0 Å². The normalized spacial score (nSPS) is 10.3. The predicted octanol–water partition coefficient (Wildman–Crippen LogP) is 1.39. The molecular formula is C5H13OSi. The monoisotopic (exact) mass is 117 g/mol. The number of ether oxygens (including phenoxy) is 1. The summed E-state index contributed by atoms with van der Waals surface area (Å²) in [5.74, 6) is 0. The molecule has 0 aliphatic rings. The van der Waals surface area contributed by atoms with Crippen molar-refractivity contribution in [2.45, 2.75) is 19.1 Å². The first-order chi connectivity index (χ1) is 3.27. The van der Waals surface area contributed by atoms with Gasteiger partial charge in [-0.15, -0.1) is 0 Å². The van der Waals surface area contributed by atoms with E-state index in [1.165, 1.54) is 6.04 Å². The van der Waals surface area contributed by atoms with Crippen LogP contribution in [0.15, 0.2) is 0 Å². The third-order valence-corrected chi connectivity index (χ3v) is 2.01. The summed E-state index contributed by atoms with van der Waals surface area (Å²) in [5, 5.41) is 0. The van der Waals surface area contributed by atoms with E-state index in [4.69, 9.17) is 4.74 Å². The van der Waals surface area contributed by atoms with E-state index in [2.05, 4.69) is 13.1 Å². The molecule has 0 aliphatic carbocycles. The minimum absolute atomic E-state index is 0.0223. The van der Waals surface area contributed by atoms with Gasteiger partial charge in [-0.1, -0.05) is 13.1 Å². The Labute approximate surface area is 47.3 Å². The smallest absolute Gasteiger partial charge is 0.0437 e. The second-order valence-corrected chi connectivity index (χ2v) is 4.86. The van der Waals surface area contributed by atoms with Gasteiger partial charge in [0, 0.05) is 22.5 Å². The van der Waals surface area contributed by atoms with Crippen molar-refractivity contribution in [3.63, 3.8) is 0 Å². The van der Waals surface area contributed by atoms with Crippen LogP contribution >= 0.6 is 0 Å². The molecule has 0 saturated carbocycles. The van der Waals surface area contributed by atoms with Crippen molar-refractivity contribution in [3.8, 4) is 0 Å². The zero-order valence-corrected chi connectivity index (χ0v) is 6.32. The van der Waals surface area contributed by atoms with Gasteiger partial charge in [-0.3, -0.25) is 0 Å². The summed E-state index contributed by atoms with van der Waals surface area (Å²) in [4.78, 5) is 0. The van der Waals surface area contributed by atoms with Crippen LogP contribution in [0.25, 0.3) is 0 Å². The van der Waals surface area contributed by atoms with Crippen molar-refractivity contribution in [1.29, 1.82) is 0 Å². The van der Waals surface area contributed by atoms with Gasteiger partial charge in [-0.05, 0) is 6.04 Å². The fourth-order valence-corrected chi connectivity index (χ4v) is 0.919. The average molecular weight is 117 g/mol. The average Bonchev–Trinajstić information content (AvgIpc) is 1.61. The van der Waals surface area contributed by atoms with Gasteiger partial charge in [0.05, 0.1) is 0 Å². The van der Waals surface area contributed by atoms with Crippen molar-refractivity contribution in [3.05, 3.63) is 0 Å². The summed E-state index contributed by atoms with van der Waals surface area (Å²) in [7, 11) is 1.73. The van der Waals surface area contributed by atoms with E-state index < -0.39 is 0 Å². The molecule has 0 fully saturated rings. The highest BCUT2D eigenvalue weighted by Crippen LogP contribution is 1.88. The van der Waals surface area contributed by atoms with E-state index >= 15 is 0 Å². The Morgan fingerprint density at radius 1 is 1.43 bits per heavy atom. The molecule has 0 amide bonds. The second-order valence-electron chi connectivity index (χ2n) is 1.95. The quantitative estimate of drug-likeness (QED) is 0.507. The molecule has 0 aromatic rings. The van der Waals surface area contributed by atoms with Gasteiger partial charge < -0.3 is 4.74 Å². The van der Waals surface area contributed by atoms with Crippen molar-refractivity contribution in [2.24, 2.45) is 0 Å². The van der Waals surface area contributed by atoms with Gasteiger partial charge >= 0.3 is 0 Å². The Morgan fingerprint density at radius 3 is 2.14 bits per heavy atom. The molecular weight excluding hydrogens is 104 g/mol. The molecule has 7 heavy (non-hydrogen) atoms. The maximum absolute atomic E-state index is 4.88. The van der Waals surface area contributed by atoms with Gasteiger partial charge in [0.2, 0.25) is 0 Å². The zero-order valence-electron chi connectivity index (χ0n) is 5.32. The lowest BCUT2D eigenvalue weighted by Crippen LogP contribution is -2.02. The molecule has 0 saturated heterocycles. The van der Waals surface area contributed by atoms with Crippen LogP contribution in [-0.2, 0) is 4.74 Å². The summed E-state index contributed by atoms with van der Waals surface area (Å²) in [6, 6.07) is 1.28. The lowest BCUT2D eigenvalue weighted by Gasteiger charge is -1.97. The highest BCUT2D eigenvalue weighted by Gasteiger charge is 1.91. The molecule has 0 aliphatic heterocycles. The van der Waals surface area contributed by atoms with E-state index in [1.54, 1.807) is 7.11 Å². The third kappa shape index (κ3) is 6.18. The first kappa shape index (κ1) is 7.18. The first-order valence-electron chi connectivity index (χ1n) is 2.55. The lowest BCUT2D eigenvalue weighted by molar-refractivity contribution is 0.215. The molecule has 0 bridgehead atoms. The molecule has 0 aromatic heterocycles. The maximum Gasteiger partial charge on any atom is 0.0437 e. The Morgan fingerprint density at radius 2 is 2.00 bits per heavy atom. The third-order valence-electron chi connectivity index (χ3n) is 0.806. The largest absolute Gasteiger partial charge is 0.385 e. The van der Waals surface area contributed by atoms with E-state index in [1.807, 2.05) is 0 Å². The van der Waals surface area contributed by atoms with Gasteiger partial charge in [0.15, 0.2) is 0 Å². The Kier molecular flexibility index (Phi) is 4.45. The van der Waals surface area contributed by atoms with Crippen molar-refractivity contribution in [1.82, 2.24) is 0 Å². The summed E-state index contributed by atoms with van der Waals surface area (Å²) < 4.78 is 4.88. The molecule has 0 unspecified atom stereocenters. The lowest BCUT2D eigenvalue weighted by atomic mass is 10.9. The van der Waals surface area contributed by atoms with Gasteiger partial charge in [0.25, 0.3) is 0 Å². The van der Waals surface area contributed by atoms with Crippen LogP contribution in [0.5, 0.6) is 0 Å². The maximum atomic E-state index is 4.88. The summed E-state index contributed by atoms with van der Waals surface area (Å²) in [6.07, 6.45) is 0. The highest BCUT2D eigenvalue weighted by atomic mass is 28.3. The van der Waals surface area contributed by atoms with Crippen LogP contribution in [0.2, 0.25) is 19.1 Å². The van der Waals surface area contributed by atoms with Gasteiger partial charge in [-0.25, -0.2) is 0 Å². The molecule has 1 nitrogen and oxygen atoms in total. The fourth-order valence-electron chi connectivity index (χ4n) is 0.306. The molecule has 0 heterocycles. The Balaban J connectivity index is 2.68. The summed E-state index contributed by atoms with van der Waals surface area (Å²) in [6.45, 7) is 5.54. The van der Waals surface area contributed by atoms with Crippen LogP contribution < -0.4 is 0 Å². The molecule has 0 atom stereocenters. The molecule has 1 radical (unpaired) electrons. The molecule has 0 N–H and O–H groups in total. The van der Waals surface area contributed by atoms with E-state index in [0.717, 1.165) is 6.61 Å². The molecule has 0 aromatic carbocycles. The topological polar surface area (TPSA) is 9.23 Å².